The highest BCUT2D eigenvalue weighted by molar-refractivity contribution is 5.89. The van der Waals surface area contributed by atoms with Crippen molar-refractivity contribution in [1.29, 1.82) is 5.26 Å². The average Bonchev–Trinajstić information content (AvgIpc) is 2.93. The minimum Gasteiger partial charge on any atom is -0.458 e. The van der Waals surface area contributed by atoms with Crippen LogP contribution in [0.3, 0.4) is 0 Å². The van der Waals surface area contributed by atoms with Gasteiger partial charge in [-0.15, -0.1) is 0 Å². The predicted molar refractivity (Wildman–Crippen MR) is 88.6 cm³/mol. The molecule has 2 fully saturated rings. The molecule has 2 aliphatic rings. The summed E-state index contributed by atoms with van der Waals surface area (Å²) in [6.07, 6.45) is 5.32. The Bertz CT molecular complexity index is 606. The summed E-state index contributed by atoms with van der Waals surface area (Å²) < 4.78 is 5.90. The first kappa shape index (κ1) is 16.1. The van der Waals surface area contributed by atoms with Gasteiger partial charge in [0.1, 0.15) is 6.10 Å². The number of benzene rings is 1. The van der Waals surface area contributed by atoms with Crippen LogP contribution in [0.2, 0.25) is 0 Å². The lowest BCUT2D eigenvalue weighted by atomic mass is 9.62. The maximum atomic E-state index is 12.4. The van der Waals surface area contributed by atoms with Gasteiger partial charge in [0.15, 0.2) is 0 Å². The second kappa shape index (κ2) is 6.35. The van der Waals surface area contributed by atoms with Crippen molar-refractivity contribution in [3.63, 3.8) is 0 Å². The normalized spacial score (nSPS) is 34.2. The third-order valence-electron chi connectivity index (χ3n) is 6.21. The van der Waals surface area contributed by atoms with Crippen molar-refractivity contribution < 1.29 is 9.53 Å². The number of carbonyl (C=O) groups is 1. The van der Waals surface area contributed by atoms with Crippen LogP contribution >= 0.6 is 0 Å². The third-order valence-corrected chi connectivity index (χ3v) is 6.21. The Morgan fingerprint density at radius 1 is 1.30 bits per heavy atom. The van der Waals surface area contributed by atoms with E-state index in [1.807, 2.05) is 25.1 Å². The van der Waals surface area contributed by atoms with Crippen LogP contribution in [0.5, 0.6) is 0 Å². The fraction of sp³-hybridized carbons (Fsp3) is 0.600. The lowest BCUT2D eigenvalue weighted by molar-refractivity contribution is -0.0441. The van der Waals surface area contributed by atoms with Crippen molar-refractivity contribution in [1.82, 2.24) is 0 Å². The highest BCUT2D eigenvalue weighted by atomic mass is 16.5. The van der Waals surface area contributed by atoms with Crippen LogP contribution in [-0.4, -0.2) is 12.1 Å². The molecule has 0 aliphatic heterocycles. The van der Waals surface area contributed by atoms with Gasteiger partial charge in [0.25, 0.3) is 0 Å². The maximum Gasteiger partial charge on any atom is 0.338 e. The second-order valence-electron chi connectivity index (χ2n) is 7.42. The summed E-state index contributed by atoms with van der Waals surface area (Å²) in [4.78, 5) is 12.4. The second-order valence-corrected chi connectivity index (χ2v) is 7.42. The fourth-order valence-corrected chi connectivity index (χ4v) is 4.99. The molecule has 0 bridgehead atoms. The standard InChI is InChI=1S/C20H25NO2/c1-14(13-21)16-10-11-17-18(9-6-12-20(16,17)2)23-19(22)15-7-4-3-5-8-15/h3-5,7-8,14,16-18H,6,9-12H2,1-2H3/t14-,16-,17+,18+,20-/m1/s1. The van der Waals surface area contributed by atoms with Crippen molar-refractivity contribution in [2.45, 2.75) is 52.1 Å². The summed E-state index contributed by atoms with van der Waals surface area (Å²) in [6.45, 7) is 4.35. The molecule has 122 valence electrons. The van der Waals surface area contributed by atoms with E-state index in [4.69, 9.17) is 4.74 Å². The predicted octanol–water partition coefficient (Wildman–Crippen LogP) is 4.59. The highest BCUT2D eigenvalue weighted by Crippen LogP contribution is 2.58. The summed E-state index contributed by atoms with van der Waals surface area (Å²) in [5.41, 5.74) is 0.759. The Labute approximate surface area is 138 Å². The Morgan fingerprint density at radius 2 is 2.04 bits per heavy atom. The van der Waals surface area contributed by atoms with Crippen LogP contribution in [0.25, 0.3) is 0 Å². The Morgan fingerprint density at radius 3 is 2.74 bits per heavy atom. The number of nitrogens with zero attached hydrogens (tertiary/aromatic N) is 1. The van der Waals surface area contributed by atoms with Gasteiger partial charge in [-0.3, -0.25) is 0 Å². The number of hydrogen-bond acceptors (Lipinski definition) is 3. The Kier molecular flexibility index (Phi) is 4.43. The maximum absolute atomic E-state index is 12.4. The molecule has 3 rings (SSSR count). The van der Waals surface area contributed by atoms with Crippen LogP contribution in [0.4, 0.5) is 0 Å². The van der Waals surface area contributed by atoms with Crippen LogP contribution in [-0.2, 0) is 4.74 Å². The van der Waals surface area contributed by atoms with E-state index in [-0.39, 0.29) is 23.4 Å². The zero-order valence-electron chi connectivity index (χ0n) is 14.0. The first-order valence-electron chi connectivity index (χ1n) is 8.72. The van der Waals surface area contributed by atoms with E-state index in [1.165, 1.54) is 0 Å². The molecule has 1 aromatic rings. The number of esters is 1. The van der Waals surface area contributed by atoms with E-state index in [1.54, 1.807) is 12.1 Å². The van der Waals surface area contributed by atoms with Gasteiger partial charge in [-0.1, -0.05) is 25.1 Å². The zero-order chi connectivity index (χ0) is 16.4. The van der Waals surface area contributed by atoms with Crippen molar-refractivity contribution in [3.8, 4) is 6.07 Å². The monoisotopic (exact) mass is 311 g/mol. The minimum atomic E-state index is -0.211. The molecule has 0 spiro atoms. The fourth-order valence-electron chi connectivity index (χ4n) is 4.99. The number of fused-ring (bicyclic) bond motifs is 1. The molecule has 0 N–H and O–H groups in total. The molecule has 0 aromatic heterocycles. The smallest absolute Gasteiger partial charge is 0.338 e. The topological polar surface area (TPSA) is 50.1 Å². The minimum absolute atomic E-state index is 0.00245. The molecule has 0 radical (unpaired) electrons. The van der Waals surface area contributed by atoms with E-state index in [2.05, 4.69) is 13.0 Å². The lowest BCUT2D eigenvalue weighted by Crippen LogP contribution is -2.43. The third kappa shape index (κ3) is 2.87. The van der Waals surface area contributed by atoms with Gasteiger partial charge in [-0.05, 0) is 62.5 Å². The molecule has 0 saturated heterocycles. The number of carbonyl (C=O) groups excluding carboxylic acids is 1. The van der Waals surface area contributed by atoms with Gasteiger partial charge < -0.3 is 4.74 Å². The molecule has 3 nitrogen and oxygen atoms in total. The molecule has 0 unspecified atom stereocenters. The van der Waals surface area contributed by atoms with Crippen LogP contribution in [0, 0.1) is 34.5 Å². The molecule has 0 heterocycles. The van der Waals surface area contributed by atoms with Crippen molar-refractivity contribution in [2.24, 2.45) is 23.2 Å². The van der Waals surface area contributed by atoms with E-state index < -0.39 is 0 Å². The molecule has 3 heteroatoms. The van der Waals surface area contributed by atoms with Gasteiger partial charge in [-0.25, -0.2) is 4.79 Å². The molecule has 2 aliphatic carbocycles. The summed E-state index contributed by atoms with van der Waals surface area (Å²) in [5.74, 6) is 0.686. The highest BCUT2D eigenvalue weighted by Gasteiger charge is 2.53. The zero-order valence-corrected chi connectivity index (χ0v) is 14.0. The van der Waals surface area contributed by atoms with Gasteiger partial charge in [0.05, 0.1) is 11.6 Å². The largest absolute Gasteiger partial charge is 0.458 e. The molecular formula is C20H25NO2. The molecule has 23 heavy (non-hydrogen) atoms. The van der Waals surface area contributed by atoms with E-state index in [0.29, 0.717) is 17.4 Å². The van der Waals surface area contributed by atoms with E-state index in [9.17, 15) is 10.1 Å². The quantitative estimate of drug-likeness (QED) is 0.767. The van der Waals surface area contributed by atoms with E-state index in [0.717, 1.165) is 32.1 Å². The van der Waals surface area contributed by atoms with Crippen LogP contribution in [0.1, 0.15) is 56.3 Å². The molecule has 0 amide bonds. The first-order chi connectivity index (χ1) is 11.1. The summed E-state index contributed by atoms with van der Waals surface area (Å²) in [6, 6.07) is 11.7. The SMILES string of the molecule is C[C@H](C#N)[C@H]1CC[C@H]2[C@@H](OC(=O)c3ccccc3)CCC[C@]12C. The number of ether oxygens (including phenoxy) is 1. The van der Waals surface area contributed by atoms with Crippen LogP contribution in [0.15, 0.2) is 30.3 Å². The van der Waals surface area contributed by atoms with Crippen molar-refractivity contribution >= 4 is 5.97 Å². The summed E-state index contributed by atoms with van der Waals surface area (Å²) >= 11 is 0. The molecule has 1 aromatic carbocycles. The van der Waals surface area contributed by atoms with E-state index >= 15 is 0 Å². The van der Waals surface area contributed by atoms with Crippen molar-refractivity contribution in [2.75, 3.05) is 0 Å². The number of hydrogen-bond donors (Lipinski definition) is 0. The number of rotatable bonds is 3. The Hall–Kier alpha value is -1.82. The van der Waals surface area contributed by atoms with Gasteiger partial charge in [0, 0.05) is 11.8 Å². The van der Waals surface area contributed by atoms with Crippen LogP contribution < -0.4 is 0 Å². The van der Waals surface area contributed by atoms with Gasteiger partial charge in [0.2, 0.25) is 0 Å². The molecule has 2 saturated carbocycles. The molecule has 5 atom stereocenters. The lowest BCUT2D eigenvalue weighted by Gasteiger charge is -2.45. The summed E-state index contributed by atoms with van der Waals surface area (Å²) in [7, 11) is 0. The summed E-state index contributed by atoms with van der Waals surface area (Å²) in [5, 5.41) is 9.32. The number of nitriles is 1. The first-order valence-corrected chi connectivity index (χ1v) is 8.72. The van der Waals surface area contributed by atoms with Gasteiger partial charge >= 0.3 is 5.97 Å². The average molecular weight is 311 g/mol. The Balaban J connectivity index is 1.75. The molecular weight excluding hydrogens is 286 g/mol. The van der Waals surface area contributed by atoms with Crippen molar-refractivity contribution in [3.05, 3.63) is 35.9 Å². The van der Waals surface area contributed by atoms with Gasteiger partial charge in [-0.2, -0.15) is 5.26 Å².